The van der Waals surface area contributed by atoms with Gasteiger partial charge >= 0.3 is 5.97 Å². The number of hydrogen-bond donors (Lipinski definition) is 2. The maximum atomic E-state index is 12.6. The van der Waals surface area contributed by atoms with Crippen molar-refractivity contribution in [1.82, 2.24) is 4.90 Å². The summed E-state index contributed by atoms with van der Waals surface area (Å²) in [7, 11) is 1.30. The van der Waals surface area contributed by atoms with Gasteiger partial charge in [-0.25, -0.2) is 4.79 Å². The minimum atomic E-state index is -0.530. The number of carbonyl (C=O) groups excluding carboxylic acids is 2. The summed E-state index contributed by atoms with van der Waals surface area (Å²) in [5, 5.41) is 12.2. The minimum Gasteiger partial charge on any atom is -0.466 e. The van der Waals surface area contributed by atoms with E-state index >= 15 is 0 Å². The van der Waals surface area contributed by atoms with Crippen LogP contribution in [0.4, 0.5) is 5.69 Å². The molecular formula is C24H36N2O4. The third kappa shape index (κ3) is 7.17. The third-order valence-corrected chi connectivity index (χ3v) is 5.50. The van der Waals surface area contributed by atoms with Crippen LogP contribution in [0.25, 0.3) is 0 Å². The highest BCUT2D eigenvalue weighted by Crippen LogP contribution is 2.23. The SMILES string of the molecule is CCCCCCCCCCc1ccc(NC2=C(C(=O)OC)CN(CCO)C2=O)cc1. The standard InChI is InChI=1S/C24H36N2O4/c1-3-4-5-6-7-8-9-10-11-19-12-14-20(15-13-19)25-22-21(24(29)30-2)18-26(16-17-27)23(22)28/h12-15,25,27H,3-11,16-18H2,1-2H3. The highest BCUT2D eigenvalue weighted by atomic mass is 16.5. The summed E-state index contributed by atoms with van der Waals surface area (Å²) < 4.78 is 4.81. The van der Waals surface area contributed by atoms with Crippen LogP contribution >= 0.6 is 0 Å². The maximum Gasteiger partial charge on any atom is 0.337 e. The van der Waals surface area contributed by atoms with Gasteiger partial charge in [-0.2, -0.15) is 0 Å². The lowest BCUT2D eigenvalue weighted by Gasteiger charge is -2.15. The number of carbonyl (C=O) groups is 2. The largest absolute Gasteiger partial charge is 0.466 e. The number of nitrogens with zero attached hydrogens (tertiary/aromatic N) is 1. The normalized spacial score (nSPS) is 13.8. The van der Waals surface area contributed by atoms with E-state index in [1.807, 2.05) is 12.1 Å². The van der Waals surface area contributed by atoms with Gasteiger partial charge in [-0.1, -0.05) is 64.0 Å². The van der Waals surface area contributed by atoms with E-state index in [4.69, 9.17) is 9.84 Å². The summed E-state index contributed by atoms with van der Waals surface area (Å²) in [6.45, 7) is 2.42. The highest BCUT2D eigenvalue weighted by Gasteiger charge is 2.34. The molecule has 1 aliphatic heterocycles. The number of aliphatic hydroxyl groups excluding tert-OH is 1. The fraction of sp³-hybridized carbons (Fsp3) is 0.583. The van der Waals surface area contributed by atoms with Crippen LogP contribution in [0.5, 0.6) is 0 Å². The molecule has 1 amide bonds. The molecule has 0 bridgehead atoms. The molecule has 1 aromatic rings. The summed E-state index contributed by atoms with van der Waals surface area (Å²) in [6, 6.07) is 7.99. The van der Waals surface area contributed by atoms with Crippen molar-refractivity contribution in [2.45, 2.75) is 64.7 Å². The number of anilines is 1. The lowest BCUT2D eigenvalue weighted by molar-refractivity contribution is -0.136. The van der Waals surface area contributed by atoms with Crippen molar-refractivity contribution < 1.29 is 19.4 Å². The Labute approximate surface area is 180 Å². The summed E-state index contributed by atoms with van der Waals surface area (Å²) in [5.74, 6) is -0.829. The van der Waals surface area contributed by atoms with Gasteiger partial charge in [0.2, 0.25) is 0 Å². The van der Waals surface area contributed by atoms with Gasteiger partial charge in [-0.05, 0) is 30.5 Å². The quantitative estimate of drug-likeness (QED) is 0.353. The van der Waals surface area contributed by atoms with E-state index in [-0.39, 0.29) is 31.3 Å². The fourth-order valence-corrected chi connectivity index (χ4v) is 3.71. The molecule has 30 heavy (non-hydrogen) atoms. The molecule has 0 atom stereocenters. The minimum absolute atomic E-state index is 0.144. The first kappa shape index (κ1) is 23.9. The van der Waals surface area contributed by atoms with Crippen LogP contribution in [0.2, 0.25) is 0 Å². The summed E-state index contributed by atoms with van der Waals surface area (Å²) in [5.41, 5.74) is 2.55. The van der Waals surface area contributed by atoms with Gasteiger partial charge in [0.25, 0.3) is 5.91 Å². The maximum absolute atomic E-state index is 12.6. The molecule has 0 saturated carbocycles. The number of benzene rings is 1. The lowest BCUT2D eigenvalue weighted by Crippen LogP contribution is -2.31. The fourth-order valence-electron chi connectivity index (χ4n) is 3.71. The molecule has 2 rings (SSSR count). The summed E-state index contributed by atoms with van der Waals surface area (Å²) >= 11 is 0. The average Bonchev–Trinajstić information content (AvgIpc) is 3.06. The number of aryl methyl sites for hydroxylation is 1. The first-order chi connectivity index (χ1) is 14.6. The molecule has 2 N–H and O–H groups in total. The zero-order valence-corrected chi connectivity index (χ0v) is 18.4. The second-order valence-corrected chi connectivity index (χ2v) is 7.84. The number of nitrogens with one attached hydrogen (secondary N) is 1. The monoisotopic (exact) mass is 416 g/mol. The number of β-amino-alcohol motifs (C(OH)–C–C–N with tert-alkyl or cyclic N) is 1. The zero-order valence-electron chi connectivity index (χ0n) is 18.4. The average molecular weight is 417 g/mol. The Morgan fingerprint density at radius 1 is 1.07 bits per heavy atom. The number of amides is 1. The van der Waals surface area contributed by atoms with Gasteiger partial charge in [0, 0.05) is 12.2 Å². The van der Waals surface area contributed by atoms with Crippen molar-refractivity contribution in [3.05, 3.63) is 41.1 Å². The molecule has 0 aromatic heterocycles. The summed E-state index contributed by atoms with van der Waals surface area (Å²) in [4.78, 5) is 26.1. The van der Waals surface area contributed by atoms with Crippen LogP contribution in [-0.4, -0.2) is 48.7 Å². The first-order valence-electron chi connectivity index (χ1n) is 11.2. The van der Waals surface area contributed by atoms with E-state index in [2.05, 4.69) is 24.4 Å². The van der Waals surface area contributed by atoms with Gasteiger partial charge in [-0.3, -0.25) is 4.79 Å². The van der Waals surface area contributed by atoms with Crippen molar-refractivity contribution in [2.75, 3.05) is 32.1 Å². The molecule has 6 nitrogen and oxygen atoms in total. The van der Waals surface area contributed by atoms with Crippen molar-refractivity contribution in [3.63, 3.8) is 0 Å². The molecule has 0 radical (unpaired) electrons. The van der Waals surface area contributed by atoms with Crippen LogP contribution in [-0.2, 0) is 20.7 Å². The molecule has 0 fully saturated rings. The predicted molar refractivity (Wildman–Crippen MR) is 119 cm³/mol. The van der Waals surface area contributed by atoms with E-state index in [0.717, 1.165) is 12.1 Å². The Bertz CT molecular complexity index is 712. The molecule has 0 saturated heterocycles. The van der Waals surface area contributed by atoms with Crippen LogP contribution < -0.4 is 5.32 Å². The van der Waals surface area contributed by atoms with Gasteiger partial charge in [0.05, 0.1) is 25.8 Å². The lowest BCUT2D eigenvalue weighted by atomic mass is 10.0. The number of esters is 1. The smallest absolute Gasteiger partial charge is 0.337 e. The first-order valence-corrected chi connectivity index (χ1v) is 11.2. The van der Waals surface area contributed by atoms with Crippen LogP contribution in [0.3, 0.4) is 0 Å². The number of hydrogen-bond acceptors (Lipinski definition) is 5. The Balaban J connectivity index is 1.85. The van der Waals surface area contributed by atoms with E-state index in [9.17, 15) is 9.59 Å². The molecule has 0 aliphatic carbocycles. The Morgan fingerprint density at radius 3 is 2.30 bits per heavy atom. The topological polar surface area (TPSA) is 78.9 Å². The highest BCUT2D eigenvalue weighted by molar-refractivity contribution is 6.08. The van der Waals surface area contributed by atoms with Gasteiger partial charge < -0.3 is 20.1 Å². The van der Waals surface area contributed by atoms with Crippen LogP contribution in [0.15, 0.2) is 35.5 Å². The molecule has 1 aliphatic rings. The van der Waals surface area contributed by atoms with Crippen LogP contribution in [0, 0.1) is 0 Å². The zero-order chi connectivity index (χ0) is 21.8. The summed E-state index contributed by atoms with van der Waals surface area (Å²) in [6.07, 6.45) is 11.5. The van der Waals surface area contributed by atoms with Crippen molar-refractivity contribution in [1.29, 1.82) is 0 Å². The molecule has 6 heteroatoms. The van der Waals surface area contributed by atoms with Crippen molar-refractivity contribution >= 4 is 17.6 Å². The number of unbranched alkanes of at least 4 members (excludes halogenated alkanes) is 7. The Hall–Kier alpha value is -2.34. The van der Waals surface area contributed by atoms with Gasteiger partial charge in [0.15, 0.2) is 0 Å². The molecular weight excluding hydrogens is 380 g/mol. The second kappa shape index (κ2) is 13.1. The van der Waals surface area contributed by atoms with Crippen molar-refractivity contribution in [3.8, 4) is 0 Å². The number of aliphatic hydroxyl groups is 1. The van der Waals surface area contributed by atoms with E-state index in [1.54, 1.807) is 0 Å². The molecule has 0 unspecified atom stereocenters. The number of ether oxygens (including phenoxy) is 1. The van der Waals surface area contributed by atoms with Crippen LogP contribution in [0.1, 0.15) is 63.9 Å². The third-order valence-electron chi connectivity index (χ3n) is 5.50. The van der Waals surface area contributed by atoms with Gasteiger partial charge in [-0.15, -0.1) is 0 Å². The van der Waals surface area contributed by atoms with Gasteiger partial charge in [0.1, 0.15) is 5.70 Å². The molecule has 1 heterocycles. The van der Waals surface area contributed by atoms with E-state index < -0.39 is 5.97 Å². The van der Waals surface area contributed by atoms with Crippen molar-refractivity contribution in [2.24, 2.45) is 0 Å². The predicted octanol–water partition coefficient (Wildman–Crippen LogP) is 4.04. The Morgan fingerprint density at radius 2 is 1.70 bits per heavy atom. The van der Waals surface area contributed by atoms with E-state index in [0.29, 0.717) is 5.57 Å². The molecule has 1 aromatic carbocycles. The molecule has 0 spiro atoms. The van der Waals surface area contributed by atoms with E-state index in [1.165, 1.54) is 68.9 Å². The second-order valence-electron chi connectivity index (χ2n) is 7.84. The Kier molecular flexibility index (Phi) is 10.4. The number of rotatable bonds is 14. The molecule has 166 valence electrons. The number of methoxy groups -OCH3 is 1.